The monoisotopic (exact) mass is 306 g/mol. The summed E-state index contributed by atoms with van der Waals surface area (Å²) in [6.45, 7) is 0.242. The van der Waals surface area contributed by atoms with Gasteiger partial charge in [-0.3, -0.25) is 9.59 Å². The minimum Gasteiger partial charge on any atom is -0.484 e. The van der Waals surface area contributed by atoms with Gasteiger partial charge in [-0.25, -0.2) is 0 Å². The van der Waals surface area contributed by atoms with Gasteiger partial charge < -0.3 is 20.9 Å². The molecule has 1 aromatic rings. The number of primary amides is 1. The smallest absolute Gasteiger partial charge is 0.255 e. The first-order chi connectivity index (χ1) is 10.6. The van der Waals surface area contributed by atoms with Crippen LogP contribution in [0.25, 0.3) is 0 Å². The van der Waals surface area contributed by atoms with E-state index in [-0.39, 0.29) is 24.5 Å². The molecule has 0 aliphatic heterocycles. The van der Waals surface area contributed by atoms with Crippen LogP contribution in [0, 0.1) is 5.92 Å². The minimum atomic E-state index is -0.568. The molecule has 6 heteroatoms. The molecule has 22 heavy (non-hydrogen) atoms. The third kappa shape index (κ3) is 4.73. The molecule has 1 aliphatic rings. The van der Waals surface area contributed by atoms with Crippen molar-refractivity contribution < 1.29 is 19.4 Å². The van der Waals surface area contributed by atoms with Crippen LogP contribution in [0.4, 0.5) is 0 Å². The summed E-state index contributed by atoms with van der Waals surface area (Å²) in [5.41, 5.74) is 5.47. The lowest BCUT2D eigenvalue weighted by atomic mass is 9.86. The van der Waals surface area contributed by atoms with Crippen molar-refractivity contribution in [3.05, 3.63) is 29.8 Å². The molecule has 0 bridgehead atoms. The number of carbonyl (C=O) groups is 2. The van der Waals surface area contributed by atoms with Gasteiger partial charge in [0.2, 0.25) is 0 Å². The Morgan fingerprint density at radius 1 is 1.32 bits per heavy atom. The second-order valence-electron chi connectivity index (χ2n) is 5.60. The molecule has 0 unspecified atom stereocenters. The van der Waals surface area contributed by atoms with E-state index in [0.717, 1.165) is 25.7 Å². The predicted molar refractivity (Wildman–Crippen MR) is 81.4 cm³/mol. The Labute approximate surface area is 129 Å². The summed E-state index contributed by atoms with van der Waals surface area (Å²) in [6.07, 6.45) is 3.54. The average Bonchev–Trinajstić information content (AvgIpc) is 2.52. The van der Waals surface area contributed by atoms with E-state index in [9.17, 15) is 14.7 Å². The van der Waals surface area contributed by atoms with Gasteiger partial charge in [0, 0.05) is 18.0 Å². The Balaban J connectivity index is 1.88. The van der Waals surface area contributed by atoms with Crippen LogP contribution in [-0.4, -0.2) is 36.2 Å². The fraction of sp³-hybridized carbons (Fsp3) is 0.500. The number of hydrogen-bond acceptors (Lipinski definition) is 4. The third-order valence-electron chi connectivity index (χ3n) is 3.87. The van der Waals surface area contributed by atoms with Crippen LogP contribution >= 0.6 is 0 Å². The molecule has 1 saturated carbocycles. The Bertz CT molecular complexity index is 533. The summed E-state index contributed by atoms with van der Waals surface area (Å²) in [6, 6.07) is 6.57. The summed E-state index contributed by atoms with van der Waals surface area (Å²) < 4.78 is 5.18. The van der Waals surface area contributed by atoms with E-state index in [1.807, 2.05) is 0 Å². The summed E-state index contributed by atoms with van der Waals surface area (Å²) in [5.74, 6) is -0.250. The molecule has 0 heterocycles. The van der Waals surface area contributed by atoms with Crippen molar-refractivity contribution in [1.29, 1.82) is 0 Å². The second kappa shape index (κ2) is 7.79. The van der Waals surface area contributed by atoms with Gasteiger partial charge in [-0.05, 0) is 31.0 Å². The molecular weight excluding hydrogens is 284 g/mol. The van der Waals surface area contributed by atoms with E-state index in [2.05, 4.69) is 5.32 Å². The van der Waals surface area contributed by atoms with Crippen molar-refractivity contribution in [3.63, 3.8) is 0 Å². The molecule has 0 saturated heterocycles. The zero-order chi connectivity index (χ0) is 15.9. The van der Waals surface area contributed by atoms with Gasteiger partial charge in [0.25, 0.3) is 11.8 Å². The summed E-state index contributed by atoms with van der Waals surface area (Å²) >= 11 is 0. The SMILES string of the molecule is NC(=O)COc1cccc(C(=O)NC[C@@H]2CCCC[C@H]2O)c1. The number of rotatable bonds is 6. The number of aliphatic hydroxyl groups excluding tert-OH is 1. The molecule has 120 valence electrons. The summed E-state index contributed by atoms with van der Waals surface area (Å²) in [7, 11) is 0. The summed E-state index contributed by atoms with van der Waals surface area (Å²) in [4.78, 5) is 22.8. The molecule has 0 aromatic heterocycles. The largest absolute Gasteiger partial charge is 0.484 e. The molecule has 2 atom stereocenters. The van der Waals surface area contributed by atoms with Crippen LogP contribution in [0.3, 0.4) is 0 Å². The second-order valence-corrected chi connectivity index (χ2v) is 5.60. The molecule has 1 fully saturated rings. The van der Waals surface area contributed by atoms with Crippen LogP contribution < -0.4 is 15.8 Å². The maximum Gasteiger partial charge on any atom is 0.255 e. The van der Waals surface area contributed by atoms with Gasteiger partial charge in [0.05, 0.1) is 6.10 Å². The maximum absolute atomic E-state index is 12.1. The highest BCUT2D eigenvalue weighted by molar-refractivity contribution is 5.94. The number of nitrogens with two attached hydrogens (primary N) is 1. The lowest BCUT2D eigenvalue weighted by molar-refractivity contribution is -0.119. The fourth-order valence-electron chi connectivity index (χ4n) is 2.63. The lowest BCUT2D eigenvalue weighted by Crippen LogP contribution is -2.36. The van der Waals surface area contributed by atoms with E-state index in [4.69, 9.17) is 10.5 Å². The van der Waals surface area contributed by atoms with Crippen LogP contribution in [0.1, 0.15) is 36.0 Å². The van der Waals surface area contributed by atoms with Crippen LogP contribution in [0.15, 0.2) is 24.3 Å². The minimum absolute atomic E-state index is 0.118. The Kier molecular flexibility index (Phi) is 5.77. The van der Waals surface area contributed by atoms with Gasteiger partial charge in [-0.15, -0.1) is 0 Å². The Morgan fingerprint density at radius 3 is 2.82 bits per heavy atom. The van der Waals surface area contributed by atoms with Crippen LogP contribution in [-0.2, 0) is 4.79 Å². The van der Waals surface area contributed by atoms with Gasteiger partial charge in [-0.2, -0.15) is 0 Å². The molecule has 6 nitrogen and oxygen atoms in total. The van der Waals surface area contributed by atoms with Crippen molar-refractivity contribution in [1.82, 2.24) is 5.32 Å². The Hall–Kier alpha value is -2.08. The molecule has 1 aliphatic carbocycles. The first-order valence-corrected chi connectivity index (χ1v) is 7.53. The molecule has 2 rings (SSSR count). The van der Waals surface area contributed by atoms with Crippen molar-refractivity contribution in [2.45, 2.75) is 31.8 Å². The fourth-order valence-corrected chi connectivity index (χ4v) is 2.63. The molecule has 2 amide bonds. The summed E-state index contributed by atoms with van der Waals surface area (Å²) in [5, 5.41) is 12.7. The standard InChI is InChI=1S/C16H22N2O4/c17-15(20)10-22-13-6-3-5-11(8-13)16(21)18-9-12-4-1-2-7-14(12)19/h3,5-6,8,12,14,19H,1-2,4,7,9-10H2,(H2,17,20)(H,18,21)/t12-,14+/m0/s1. The number of nitrogens with one attached hydrogen (secondary N) is 1. The highest BCUT2D eigenvalue weighted by atomic mass is 16.5. The van der Waals surface area contributed by atoms with E-state index in [1.165, 1.54) is 0 Å². The number of hydrogen-bond donors (Lipinski definition) is 3. The van der Waals surface area contributed by atoms with Gasteiger partial charge in [0.15, 0.2) is 6.61 Å². The van der Waals surface area contributed by atoms with Crippen molar-refractivity contribution in [2.24, 2.45) is 11.7 Å². The first kappa shape index (κ1) is 16.3. The number of aliphatic hydroxyl groups is 1. The molecule has 4 N–H and O–H groups in total. The normalized spacial score (nSPS) is 21.1. The maximum atomic E-state index is 12.1. The van der Waals surface area contributed by atoms with Crippen molar-refractivity contribution >= 4 is 11.8 Å². The highest BCUT2D eigenvalue weighted by Gasteiger charge is 2.23. The topological polar surface area (TPSA) is 102 Å². The first-order valence-electron chi connectivity index (χ1n) is 7.53. The lowest BCUT2D eigenvalue weighted by Gasteiger charge is -2.27. The molecule has 0 spiro atoms. The number of benzene rings is 1. The number of ether oxygens (including phenoxy) is 1. The van der Waals surface area contributed by atoms with E-state index < -0.39 is 5.91 Å². The van der Waals surface area contributed by atoms with Crippen LogP contribution in [0.2, 0.25) is 0 Å². The zero-order valence-electron chi connectivity index (χ0n) is 12.5. The third-order valence-corrected chi connectivity index (χ3v) is 3.87. The number of amides is 2. The van der Waals surface area contributed by atoms with Crippen molar-refractivity contribution in [3.8, 4) is 5.75 Å². The van der Waals surface area contributed by atoms with Gasteiger partial charge >= 0.3 is 0 Å². The number of carbonyl (C=O) groups excluding carboxylic acids is 2. The van der Waals surface area contributed by atoms with E-state index in [1.54, 1.807) is 24.3 Å². The Morgan fingerprint density at radius 2 is 2.09 bits per heavy atom. The van der Waals surface area contributed by atoms with E-state index >= 15 is 0 Å². The average molecular weight is 306 g/mol. The van der Waals surface area contributed by atoms with Gasteiger partial charge in [-0.1, -0.05) is 18.9 Å². The van der Waals surface area contributed by atoms with E-state index in [0.29, 0.717) is 17.9 Å². The zero-order valence-corrected chi connectivity index (χ0v) is 12.5. The molecular formula is C16H22N2O4. The quantitative estimate of drug-likeness (QED) is 0.724. The van der Waals surface area contributed by atoms with Crippen molar-refractivity contribution in [2.75, 3.05) is 13.2 Å². The molecule has 1 aromatic carbocycles. The van der Waals surface area contributed by atoms with Crippen LogP contribution in [0.5, 0.6) is 5.75 Å². The predicted octanol–water partition coefficient (Wildman–Crippen LogP) is 0.832. The highest BCUT2D eigenvalue weighted by Crippen LogP contribution is 2.23. The molecule has 0 radical (unpaired) electrons. The van der Waals surface area contributed by atoms with Gasteiger partial charge in [0.1, 0.15) is 5.75 Å².